The van der Waals surface area contributed by atoms with Crippen LogP contribution in [0.4, 0.5) is 0 Å². The largest absolute Gasteiger partial charge is 0.480 e. The van der Waals surface area contributed by atoms with Crippen molar-refractivity contribution < 1.29 is 19.4 Å². The topological polar surface area (TPSA) is 66.8 Å². The van der Waals surface area contributed by atoms with Crippen LogP contribution in [0.1, 0.15) is 23.5 Å². The summed E-state index contributed by atoms with van der Waals surface area (Å²) < 4.78 is 4.95. The molecule has 1 aromatic carbocycles. The molecule has 114 valence electrons. The summed E-state index contributed by atoms with van der Waals surface area (Å²) in [6, 6.07) is 8.04. The maximum Gasteiger partial charge on any atom is 0.323 e. The van der Waals surface area contributed by atoms with Crippen LogP contribution in [0, 0.1) is 12.8 Å². The first-order valence-electron chi connectivity index (χ1n) is 7.09. The van der Waals surface area contributed by atoms with Crippen LogP contribution < -0.4 is 0 Å². The molecule has 0 saturated heterocycles. The monoisotopic (exact) mass is 291 g/mol. The number of benzene rings is 1. The van der Waals surface area contributed by atoms with Gasteiger partial charge in [0.1, 0.15) is 6.54 Å². The fraction of sp³-hybridized carbons (Fsp3) is 0.500. The van der Waals surface area contributed by atoms with Crippen molar-refractivity contribution in [3.8, 4) is 0 Å². The number of methoxy groups -OCH3 is 1. The molecular formula is C16H21NO4. The minimum atomic E-state index is -0.993. The lowest BCUT2D eigenvalue weighted by atomic mass is 10.0. The van der Waals surface area contributed by atoms with E-state index in [-0.39, 0.29) is 24.3 Å². The van der Waals surface area contributed by atoms with Crippen LogP contribution in [0.2, 0.25) is 0 Å². The highest BCUT2D eigenvalue weighted by Gasteiger charge is 2.46. The van der Waals surface area contributed by atoms with Crippen LogP contribution in [0.25, 0.3) is 0 Å². The highest BCUT2D eigenvalue weighted by atomic mass is 16.5. The Morgan fingerprint density at radius 1 is 1.38 bits per heavy atom. The van der Waals surface area contributed by atoms with E-state index in [1.807, 2.05) is 31.2 Å². The molecule has 0 aliphatic heterocycles. The number of hydrogen-bond acceptors (Lipinski definition) is 3. The summed E-state index contributed by atoms with van der Waals surface area (Å²) in [5.74, 6) is -0.949. The van der Waals surface area contributed by atoms with Crippen molar-refractivity contribution in [2.45, 2.75) is 19.3 Å². The maximum atomic E-state index is 12.4. The number of carboxylic acids is 1. The summed E-state index contributed by atoms with van der Waals surface area (Å²) in [4.78, 5) is 24.7. The van der Waals surface area contributed by atoms with Crippen LogP contribution in [0.5, 0.6) is 0 Å². The molecule has 0 radical (unpaired) electrons. The van der Waals surface area contributed by atoms with Gasteiger partial charge in [0.25, 0.3) is 0 Å². The SMILES string of the molecule is COCCN(CC(=O)O)C(=O)[C@@H]1C[C@@H]1c1ccccc1C. The van der Waals surface area contributed by atoms with Crippen LogP contribution >= 0.6 is 0 Å². The van der Waals surface area contributed by atoms with Gasteiger partial charge in [-0.05, 0) is 30.4 Å². The van der Waals surface area contributed by atoms with Crippen LogP contribution in [-0.2, 0) is 14.3 Å². The quantitative estimate of drug-likeness (QED) is 0.829. The number of carbonyl (C=O) groups excluding carboxylic acids is 1. The number of carbonyl (C=O) groups is 2. The second-order valence-electron chi connectivity index (χ2n) is 5.45. The molecule has 2 rings (SSSR count). The predicted octanol–water partition coefficient (Wildman–Crippen LogP) is 1.66. The van der Waals surface area contributed by atoms with E-state index in [4.69, 9.17) is 9.84 Å². The minimum absolute atomic E-state index is 0.0808. The normalized spacial score (nSPS) is 20.1. The Hall–Kier alpha value is -1.88. The van der Waals surface area contributed by atoms with E-state index >= 15 is 0 Å². The summed E-state index contributed by atoms with van der Waals surface area (Å²) in [5, 5.41) is 8.93. The third kappa shape index (κ3) is 3.82. The van der Waals surface area contributed by atoms with Gasteiger partial charge in [0.15, 0.2) is 0 Å². The highest BCUT2D eigenvalue weighted by molar-refractivity contribution is 5.86. The van der Waals surface area contributed by atoms with Crippen molar-refractivity contribution in [3.63, 3.8) is 0 Å². The molecule has 1 fully saturated rings. The summed E-state index contributed by atoms with van der Waals surface area (Å²) in [5.41, 5.74) is 2.37. The number of aliphatic carboxylic acids is 1. The lowest BCUT2D eigenvalue weighted by Crippen LogP contribution is -2.39. The third-order valence-electron chi connectivity index (χ3n) is 3.90. The van der Waals surface area contributed by atoms with Crippen LogP contribution in [0.15, 0.2) is 24.3 Å². The molecule has 1 N–H and O–H groups in total. The number of hydrogen-bond donors (Lipinski definition) is 1. The van der Waals surface area contributed by atoms with Gasteiger partial charge in [-0.3, -0.25) is 9.59 Å². The lowest BCUT2D eigenvalue weighted by molar-refractivity contribution is -0.145. The molecule has 0 bridgehead atoms. The molecule has 1 amide bonds. The van der Waals surface area contributed by atoms with Crippen molar-refractivity contribution >= 4 is 11.9 Å². The fourth-order valence-electron chi connectivity index (χ4n) is 2.68. The van der Waals surface area contributed by atoms with Crippen LogP contribution in [0.3, 0.4) is 0 Å². The Kier molecular flexibility index (Phi) is 4.96. The van der Waals surface area contributed by atoms with Gasteiger partial charge in [0.05, 0.1) is 6.61 Å². The van der Waals surface area contributed by atoms with Gasteiger partial charge in [0.2, 0.25) is 5.91 Å². The molecule has 0 spiro atoms. The second-order valence-corrected chi connectivity index (χ2v) is 5.45. The van der Waals surface area contributed by atoms with Crippen molar-refractivity contribution in [3.05, 3.63) is 35.4 Å². The van der Waals surface area contributed by atoms with E-state index in [0.717, 1.165) is 6.42 Å². The van der Waals surface area contributed by atoms with Gasteiger partial charge >= 0.3 is 5.97 Å². The van der Waals surface area contributed by atoms with E-state index in [9.17, 15) is 9.59 Å². The van der Waals surface area contributed by atoms with E-state index < -0.39 is 5.97 Å². The Labute approximate surface area is 124 Å². The Balaban J connectivity index is 2.02. The first-order chi connectivity index (χ1) is 10.0. The average Bonchev–Trinajstić information content (AvgIpc) is 3.23. The lowest BCUT2D eigenvalue weighted by Gasteiger charge is -2.20. The van der Waals surface area contributed by atoms with E-state index in [1.165, 1.54) is 23.1 Å². The molecule has 5 heteroatoms. The van der Waals surface area contributed by atoms with Crippen molar-refractivity contribution in [1.29, 1.82) is 0 Å². The standard InChI is InChI=1S/C16H21NO4/c1-11-5-3-4-6-12(11)13-9-14(13)16(20)17(7-8-21-2)10-15(18)19/h3-6,13-14H,7-10H2,1-2H3,(H,18,19)/t13-,14-/m1/s1. The zero-order chi connectivity index (χ0) is 15.4. The Bertz CT molecular complexity index is 529. The zero-order valence-corrected chi connectivity index (χ0v) is 12.4. The molecule has 21 heavy (non-hydrogen) atoms. The highest BCUT2D eigenvalue weighted by Crippen LogP contribution is 2.49. The molecule has 1 aromatic rings. The molecule has 0 unspecified atom stereocenters. The third-order valence-corrected chi connectivity index (χ3v) is 3.90. The second kappa shape index (κ2) is 6.72. The molecule has 2 atom stereocenters. The number of aryl methyl sites for hydroxylation is 1. The zero-order valence-electron chi connectivity index (χ0n) is 12.4. The summed E-state index contributed by atoms with van der Waals surface area (Å²) in [6.07, 6.45) is 0.798. The van der Waals surface area contributed by atoms with E-state index in [2.05, 4.69) is 0 Å². The molecule has 5 nitrogen and oxygen atoms in total. The van der Waals surface area contributed by atoms with Gasteiger partial charge < -0.3 is 14.7 Å². The summed E-state index contributed by atoms with van der Waals surface area (Å²) in [7, 11) is 1.54. The summed E-state index contributed by atoms with van der Waals surface area (Å²) in [6.45, 7) is 2.44. The summed E-state index contributed by atoms with van der Waals surface area (Å²) >= 11 is 0. The van der Waals surface area contributed by atoms with Gasteiger partial charge in [0, 0.05) is 19.6 Å². The maximum absolute atomic E-state index is 12.4. The van der Waals surface area contributed by atoms with E-state index in [0.29, 0.717) is 13.2 Å². The fourth-order valence-corrected chi connectivity index (χ4v) is 2.68. The minimum Gasteiger partial charge on any atom is -0.480 e. The van der Waals surface area contributed by atoms with Crippen molar-refractivity contribution in [2.24, 2.45) is 5.92 Å². The molecule has 0 aromatic heterocycles. The van der Waals surface area contributed by atoms with E-state index in [1.54, 1.807) is 0 Å². The van der Waals surface area contributed by atoms with Crippen LogP contribution in [-0.4, -0.2) is 48.7 Å². The van der Waals surface area contributed by atoms with Gasteiger partial charge in [-0.2, -0.15) is 0 Å². The smallest absolute Gasteiger partial charge is 0.323 e. The molecule has 1 aliphatic rings. The molecular weight excluding hydrogens is 270 g/mol. The number of nitrogens with zero attached hydrogens (tertiary/aromatic N) is 1. The number of carboxylic acid groups (broad SMARTS) is 1. The van der Waals surface area contributed by atoms with Crippen molar-refractivity contribution in [2.75, 3.05) is 26.8 Å². The number of amides is 1. The average molecular weight is 291 g/mol. The number of ether oxygens (including phenoxy) is 1. The first-order valence-corrected chi connectivity index (χ1v) is 7.09. The van der Waals surface area contributed by atoms with Gasteiger partial charge in [-0.25, -0.2) is 0 Å². The first kappa shape index (κ1) is 15.5. The van der Waals surface area contributed by atoms with Gasteiger partial charge in [-0.1, -0.05) is 24.3 Å². The number of rotatable bonds is 7. The molecule has 0 heterocycles. The Morgan fingerprint density at radius 2 is 2.10 bits per heavy atom. The van der Waals surface area contributed by atoms with Crippen molar-refractivity contribution in [1.82, 2.24) is 4.90 Å². The molecule has 1 saturated carbocycles. The van der Waals surface area contributed by atoms with Gasteiger partial charge in [-0.15, -0.1) is 0 Å². The Morgan fingerprint density at radius 3 is 2.71 bits per heavy atom. The molecule has 1 aliphatic carbocycles. The predicted molar refractivity (Wildman–Crippen MR) is 78.1 cm³/mol.